The molecule has 1 atom stereocenters. The lowest BCUT2D eigenvalue weighted by Gasteiger charge is -2.27. The molecular weight excluding hydrogens is 365 g/mol. The number of aliphatic carboxylic acids is 1. The van der Waals surface area contributed by atoms with Gasteiger partial charge in [-0.3, -0.25) is 0 Å². The largest absolute Gasteiger partial charge is 0.480 e. The standard InChI is InChI=1S/C16H16INO2/c1-16(15(19)20,11-12-6-3-2-4-7-12)18-14-9-5-8-13(17)10-14/h2-10,18H,11H2,1H3,(H,19,20). The highest BCUT2D eigenvalue weighted by molar-refractivity contribution is 14.1. The monoisotopic (exact) mass is 381 g/mol. The third kappa shape index (κ3) is 3.72. The summed E-state index contributed by atoms with van der Waals surface area (Å²) in [5, 5.41) is 12.7. The van der Waals surface area contributed by atoms with Crippen LogP contribution in [0.4, 0.5) is 5.69 Å². The summed E-state index contributed by atoms with van der Waals surface area (Å²) in [5.41, 5.74) is 0.777. The first-order valence-corrected chi connectivity index (χ1v) is 7.38. The van der Waals surface area contributed by atoms with Crippen LogP contribution < -0.4 is 5.32 Å². The minimum absolute atomic E-state index is 0.425. The Bertz CT molecular complexity index is 600. The Labute approximate surface area is 132 Å². The predicted octanol–water partition coefficient (Wildman–Crippen LogP) is 3.79. The lowest BCUT2D eigenvalue weighted by atomic mass is 9.92. The molecule has 0 radical (unpaired) electrons. The molecule has 2 rings (SSSR count). The first-order chi connectivity index (χ1) is 9.49. The minimum Gasteiger partial charge on any atom is -0.480 e. The number of carboxylic acids is 1. The number of carbonyl (C=O) groups is 1. The molecule has 2 aromatic carbocycles. The average Bonchev–Trinajstić information content (AvgIpc) is 2.39. The highest BCUT2D eigenvalue weighted by Crippen LogP contribution is 2.22. The van der Waals surface area contributed by atoms with Crippen molar-refractivity contribution >= 4 is 34.2 Å². The molecule has 2 aromatic rings. The normalized spacial score (nSPS) is 13.5. The molecule has 1 unspecified atom stereocenters. The summed E-state index contributed by atoms with van der Waals surface area (Å²) in [5.74, 6) is -0.861. The second-order valence-electron chi connectivity index (χ2n) is 4.93. The topological polar surface area (TPSA) is 49.3 Å². The zero-order valence-corrected chi connectivity index (χ0v) is 13.3. The van der Waals surface area contributed by atoms with E-state index in [1.807, 2.05) is 54.6 Å². The van der Waals surface area contributed by atoms with Crippen molar-refractivity contribution < 1.29 is 9.90 Å². The number of halogens is 1. The smallest absolute Gasteiger partial charge is 0.329 e. The van der Waals surface area contributed by atoms with Crippen molar-refractivity contribution in [2.45, 2.75) is 18.9 Å². The Hall–Kier alpha value is -1.56. The second-order valence-corrected chi connectivity index (χ2v) is 6.18. The first kappa shape index (κ1) is 14.8. The zero-order chi connectivity index (χ0) is 14.6. The van der Waals surface area contributed by atoms with E-state index in [4.69, 9.17) is 0 Å². The van der Waals surface area contributed by atoms with Crippen LogP contribution >= 0.6 is 22.6 Å². The fourth-order valence-electron chi connectivity index (χ4n) is 2.06. The predicted molar refractivity (Wildman–Crippen MR) is 89.0 cm³/mol. The van der Waals surface area contributed by atoms with Crippen LogP contribution in [-0.2, 0) is 11.2 Å². The third-order valence-corrected chi connectivity index (χ3v) is 3.79. The van der Waals surface area contributed by atoms with Gasteiger partial charge < -0.3 is 10.4 Å². The fraction of sp³-hybridized carbons (Fsp3) is 0.188. The van der Waals surface area contributed by atoms with Gasteiger partial charge in [0.15, 0.2) is 0 Å². The van der Waals surface area contributed by atoms with Gasteiger partial charge in [-0.2, -0.15) is 0 Å². The van der Waals surface area contributed by atoms with Crippen LogP contribution in [0.1, 0.15) is 12.5 Å². The van der Waals surface area contributed by atoms with Gasteiger partial charge in [-0.15, -0.1) is 0 Å². The maximum atomic E-state index is 11.7. The maximum absolute atomic E-state index is 11.7. The Kier molecular flexibility index (Phi) is 4.65. The molecule has 0 aliphatic carbocycles. The summed E-state index contributed by atoms with van der Waals surface area (Å²) < 4.78 is 1.07. The van der Waals surface area contributed by atoms with E-state index in [2.05, 4.69) is 27.9 Å². The van der Waals surface area contributed by atoms with Crippen molar-refractivity contribution in [1.82, 2.24) is 0 Å². The van der Waals surface area contributed by atoms with Crippen molar-refractivity contribution in [2.24, 2.45) is 0 Å². The molecule has 104 valence electrons. The molecule has 3 nitrogen and oxygen atoms in total. The van der Waals surface area contributed by atoms with Gasteiger partial charge in [-0.05, 0) is 53.3 Å². The van der Waals surface area contributed by atoms with E-state index in [1.165, 1.54) is 0 Å². The van der Waals surface area contributed by atoms with Gasteiger partial charge in [-0.25, -0.2) is 4.79 Å². The Balaban J connectivity index is 2.23. The summed E-state index contributed by atoms with van der Waals surface area (Å²) in [4.78, 5) is 11.7. The number of hydrogen-bond acceptors (Lipinski definition) is 2. The lowest BCUT2D eigenvalue weighted by molar-refractivity contribution is -0.141. The van der Waals surface area contributed by atoms with Crippen molar-refractivity contribution in [1.29, 1.82) is 0 Å². The van der Waals surface area contributed by atoms with Gasteiger partial charge in [0.05, 0.1) is 0 Å². The highest BCUT2D eigenvalue weighted by Gasteiger charge is 2.33. The molecule has 0 spiro atoms. The number of hydrogen-bond donors (Lipinski definition) is 2. The second kappa shape index (κ2) is 6.26. The van der Waals surface area contributed by atoms with Crippen LogP contribution in [-0.4, -0.2) is 16.6 Å². The molecular formula is C16H16INO2. The number of carboxylic acid groups (broad SMARTS) is 1. The van der Waals surface area contributed by atoms with Gasteiger partial charge in [0.25, 0.3) is 0 Å². The minimum atomic E-state index is -1.04. The summed E-state index contributed by atoms with van der Waals surface area (Å²) in [6, 6.07) is 17.4. The van der Waals surface area contributed by atoms with E-state index in [0.29, 0.717) is 6.42 Å². The van der Waals surface area contributed by atoms with Crippen molar-refractivity contribution in [3.8, 4) is 0 Å². The molecule has 4 heteroatoms. The molecule has 0 aliphatic rings. The van der Waals surface area contributed by atoms with Crippen molar-refractivity contribution in [3.63, 3.8) is 0 Å². The molecule has 20 heavy (non-hydrogen) atoms. The van der Waals surface area contributed by atoms with Gasteiger partial charge in [0.1, 0.15) is 5.54 Å². The number of benzene rings is 2. The molecule has 0 bridgehead atoms. The van der Waals surface area contributed by atoms with Crippen LogP contribution in [0.15, 0.2) is 54.6 Å². The van der Waals surface area contributed by atoms with E-state index in [9.17, 15) is 9.90 Å². The number of rotatable bonds is 5. The molecule has 2 N–H and O–H groups in total. The SMILES string of the molecule is CC(Cc1ccccc1)(Nc1cccc(I)c1)C(=O)O. The first-order valence-electron chi connectivity index (χ1n) is 6.31. The summed E-state index contributed by atoms with van der Waals surface area (Å²) in [7, 11) is 0. The van der Waals surface area contributed by atoms with E-state index >= 15 is 0 Å². The van der Waals surface area contributed by atoms with Crippen LogP contribution in [0.5, 0.6) is 0 Å². The number of nitrogens with one attached hydrogen (secondary N) is 1. The molecule has 0 heterocycles. The molecule has 0 amide bonds. The van der Waals surface area contributed by atoms with E-state index in [0.717, 1.165) is 14.8 Å². The van der Waals surface area contributed by atoms with Gasteiger partial charge in [0.2, 0.25) is 0 Å². The fourth-order valence-corrected chi connectivity index (χ4v) is 2.61. The molecule has 0 aromatic heterocycles. The molecule has 0 aliphatic heterocycles. The molecule has 0 fully saturated rings. The highest BCUT2D eigenvalue weighted by atomic mass is 127. The van der Waals surface area contributed by atoms with Gasteiger partial charge >= 0.3 is 5.97 Å². The Morgan fingerprint density at radius 3 is 2.50 bits per heavy atom. The van der Waals surface area contributed by atoms with Crippen molar-refractivity contribution in [3.05, 3.63) is 63.7 Å². The maximum Gasteiger partial charge on any atom is 0.329 e. The molecule has 0 saturated heterocycles. The van der Waals surface area contributed by atoms with E-state index in [-0.39, 0.29) is 0 Å². The number of anilines is 1. The molecule has 0 saturated carbocycles. The summed E-state index contributed by atoms with van der Waals surface area (Å²) in [6.07, 6.45) is 0.425. The third-order valence-electron chi connectivity index (χ3n) is 3.12. The van der Waals surface area contributed by atoms with E-state index < -0.39 is 11.5 Å². The average molecular weight is 381 g/mol. The Morgan fingerprint density at radius 1 is 1.20 bits per heavy atom. The van der Waals surface area contributed by atoms with Crippen molar-refractivity contribution in [2.75, 3.05) is 5.32 Å². The quantitative estimate of drug-likeness (QED) is 0.775. The lowest BCUT2D eigenvalue weighted by Crippen LogP contribution is -2.45. The van der Waals surface area contributed by atoms with Crippen LogP contribution in [0, 0.1) is 3.57 Å². The summed E-state index contributed by atoms with van der Waals surface area (Å²) >= 11 is 2.21. The van der Waals surface area contributed by atoms with E-state index in [1.54, 1.807) is 6.92 Å². The van der Waals surface area contributed by atoms with Crippen LogP contribution in [0.2, 0.25) is 0 Å². The van der Waals surface area contributed by atoms with Gasteiger partial charge in [-0.1, -0.05) is 36.4 Å². The van der Waals surface area contributed by atoms with Crippen LogP contribution in [0.25, 0.3) is 0 Å². The Morgan fingerprint density at radius 2 is 1.90 bits per heavy atom. The van der Waals surface area contributed by atoms with Gasteiger partial charge in [0, 0.05) is 15.7 Å². The summed E-state index contributed by atoms with van der Waals surface area (Å²) in [6.45, 7) is 1.71. The van der Waals surface area contributed by atoms with Crippen LogP contribution in [0.3, 0.4) is 0 Å². The zero-order valence-electron chi connectivity index (χ0n) is 11.1.